The van der Waals surface area contributed by atoms with E-state index < -0.39 is 0 Å². The van der Waals surface area contributed by atoms with Crippen molar-refractivity contribution in [3.05, 3.63) is 48.4 Å². The minimum atomic E-state index is -0.181. The van der Waals surface area contributed by atoms with Gasteiger partial charge in [0.15, 0.2) is 5.76 Å². The van der Waals surface area contributed by atoms with Crippen LogP contribution in [0.3, 0.4) is 0 Å². The Balaban J connectivity index is 1.53. The number of nitrogens with one attached hydrogen (secondary N) is 1. The third kappa shape index (κ3) is 3.45. The molecule has 1 aliphatic heterocycles. The zero-order valence-corrected chi connectivity index (χ0v) is 12.6. The number of urea groups is 1. The number of anilines is 2. The zero-order chi connectivity index (χ0) is 16.2. The van der Waals surface area contributed by atoms with E-state index in [1.807, 2.05) is 0 Å². The second-order valence-corrected chi connectivity index (χ2v) is 5.31. The number of furan rings is 1. The molecule has 3 rings (SSSR count). The van der Waals surface area contributed by atoms with Gasteiger partial charge in [0.25, 0.3) is 5.91 Å². The van der Waals surface area contributed by atoms with Crippen LogP contribution in [0.15, 0.2) is 47.1 Å². The van der Waals surface area contributed by atoms with Gasteiger partial charge in [0.05, 0.1) is 6.26 Å². The molecule has 0 atom stereocenters. The number of hydrogen-bond donors (Lipinski definition) is 2. The van der Waals surface area contributed by atoms with Crippen molar-refractivity contribution >= 4 is 23.3 Å². The summed E-state index contributed by atoms with van der Waals surface area (Å²) >= 11 is 0. The molecule has 120 valence electrons. The highest BCUT2D eigenvalue weighted by molar-refractivity contribution is 5.92. The van der Waals surface area contributed by atoms with Crippen LogP contribution in [0, 0.1) is 0 Å². The first-order valence-electron chi connectivity index (χ1n) is 7.38. The maximum atomic E-state index is 12.2. The van der Waals surface area contributed by atoms with Crippen LogP contribution in [0.2, 0.25) is 0 Å². The third-order valence-electron chi connectivity index (χ3n) is 3.75. The van der Waals surface area contributed by atoms with Gasteiger partial charge in [-0.1, -0.05) is 0 Å². The summed E-state index contributed by atoms with van der Waals surface area (Å²) in [7, 11) is 0. The minimum Gasteiger partial charge on any atom is -0.459 e. The van der Waals surface area contributed by atoms with Crippen LogP contribution in [0.1, 0.15) is 10.6 Å². The first-order chi connectivity index (χ1) is 11.1. The summed E-state index contributed by atoms with van der Waals surface area (Å²) in [6.45, 7) is 1.92. The molecule has 0 radical (unpaired) electrons. The Kier molecular flexibility index (Phi) is 4.18. The molecule has 1 saturated heterocycles. The van der Waals surface area contributed by atoms with Gasteiger partial charge in [0.2, 0.25) is 0 Å². The molecule has 23 heavy (non-hydrogen) atoms. The average molecular weight is 314 g/mol. The smallest absolute Gasteiger partial charge is 0.321 e. The van der Waals surface area contributed by atoms with E-state index >= 15 is 0 Å². The number of piperazine rings is 1. The van der Waals surface area contributed by atoms with Crippen LogP contribution in [0.25, 0.3) is 0 Å². The van der Waals surface area contributed by atoms with Crippen LogP contribution in [0.4, 0.5) is 16.2 Å². The van der Waals surface area contributed by atoms with Gasteiger partial charge in [-0.15, -0.1) is 0 Å². The Labute approximate surface area is 133 Å². The fourth-order valence-electron chi connectivity index (χ4n) is 2.44. The molecule has 2 heterocycles. The van der Waals surface area contributed by atoms with E-state index in [2.05, 4.69) is 5.32 Å². The number of nitrogen functional groups attached to an aromatic ring is 1. The standard InChI is InChI=1S/C16H18N4O3/c17-12-3-5-13(6-4-12)18-16(22)20-9-7-19(8-10-20)15(21)14-2-1-11-23-14/h1-6,11H,7-10,17H2,(H,18,22). The molecule has 7 nitrogen and oxygen atoms in total. The van der Waals surface area contributed by atoms with Gasteiger partial charge in [0.1, 0.15) is 0 Å². The second-order valence-electron chi connectivity index (χ2n) is 5.31. The lowest BCUT2D eigenvalue weighted by molar-refractivity contribution is 0.0640. The summed E-state index contributed by atoms with van der Waals surface area (Å²) in [5, 5.41) is 2.82. The molecule has 1 aromatic heterocycles. The van der Waals surface area contributed by atoms with Crippen molar-refractivity contribution in [3.63, 3.8) is 0 Å². The highest BCUT2D eigenvalue weighted by Crippen LogP contribution is 2.13. The zero-order valence-electron chi connectivity index (χ0n) is 12.6. The van der Waals surface area contributed by atoms with Gasteiger partial charge in [-0.2, -0.15) is 0 Å². The second kappa shape index (κ2) is 6.43. The molecule has 0 aliphatic carbocycles. The van der Waals surface area contributed by atoms with E-state index in [-0.39, 0.29) is 11.9 Å². The molecular weight excluding hydrogens is 296 g/mol. The SMILES string of the molecule is Nc1ccc(NC(=O)N2CCN(C(=O)c3ccco3)CC2)cc1. The Morgan fingerprint density at radius 3 is 2.26 bits per heavy atom. The molecule has 0 bridgehead atoms. The maximum absolute atomic E-state index is 12.2. The van der Waals surface area contributed by atoms with E-state index in [1.165, 1.54) is 6.26 Å². The summed E-state index contributed by atoms with van der Waals surface area (Å²) in [6.07, 6.45) is 1.48. The highest BCUT2D eigenvalue weighted by atomic mass is 16.3. The molecule has 0 saturated carbocycles. The summed E-state index contributed by atoms with van der Waals surface area (Å²) < 4.78 is 5.12. The number of rotatable bonds is 2. The number of hydrogen-bond acceptors (Lipinski definition) is 4. The van der Waals surface area contributed by atoms with Crippen molar-refractivity contribution in [1.82, 2.24) is 9.80 Å². The molecule has 3 amide bonds. The largest absolute Gasteiger partial charge is 0.459 e. The summed E-state index contributed by atoms with van der Waals surface area (Å²) in [6, 6.07) is 10.1. The molecule has 2 aromatic rings. The molecular formula is C16H18N4O3. The molecule has 0 spiro atoms. The van der Waals surface area contributed by atoms with Crippen molar-refractivity contribution in [1.29, 1.82) is 0 Å². The average Bonchev–Trinajstić information content (AvgIpc) is 3.11. The molecule has 7 heteroatoms. The van der Waals surface area contributed by atoms with Crippen LogP contribution in [0.5, 0.6) is 0 Å². The molecule has 1 aliphatic rings. The van der Waals surface area contributed by atoms with Crippen molar-refractivity contribution in [2.24, 2.45) is 0 Å². The number of amides is 3. The van der Waals surface area contributed by atoms with E-state index in [4.69, 9.17) is 10.2 Å². The normalized spacial score (nSPS) is 14.6. The summed E-state index contributed by atoms with van der Waals surface area (Å²) in [5.41, 5.74) is 6.96. The number of nitrogens with zero attached hydrogens (tertiary/aromatic N) is 2. The molecule has 0 unspecified atom stereocenters. The topological polar surface area (TPSA) is 91.8 Å². The number of benzene rings is 1. The lowest BCUT2D eigenvalue weighted by Gasteiger charge is -2.34. The van der Waals surface area contributed by atoms with Crippen molar-refractivity contribution in [2.75, 3.05) is 37.2 Å². The number of carbonyl (C=O) groups is 2. The third-order valence-corrected chi connectivity index (χ3v) is 3.75. The van der Waals surface area contributed by atoms with E-state index in [0.717, 1.165) is 0 Å². The minimum absolute atomic E-state index is 0.145. The molecule has 3 N–H and O–H groups in total. The predicted molar refractivity (Wildman–Crippen MR) is 86.1 cm³/mol. The maximum Gasteiger partial charge on any atom is 0.321 e. The molecule has 1 aromatic carbocycles. The van der Waals surface area contributed by atoms with Gasteiger partial charge in [-0.25, -0.2) is 4.79 Å². The first-order valence-corrected chi connectivity index (χ1v) is 7.38. The summed E-state index contributed by atoms with van der Waals surface area (Å²) in [5.74, 6) is 0.179. The van der Waals surface area contributed by atoms with Gasteiger partial charge < -0.3 is 25.3 Å². The Morgan fingerprint density at radius 1 is 1.00 bits per heavy atom. The number of nitrogens with two attached hydrogens (primary N) is 1. The van der Waals surface area contributed by atoms with Crippen molar-refractivity contribution in [3.8, 4) is 0 Å². The monoisotopic (exact) mass is 314 g/mol. The lowest BCUT2D eigenvalue weighted by Crippen LogP contribution is -2.51. The quantitative estimate of drug-likeness (QED) is 0.828. The van der Waals surface area contributed by atoms with Gasteiger partial charge in [-0.05, 0) is 36.4 Å². The van der Waals surface area contributed by atoms with Crippen LogP contribution in [-0.2, 0) is 0 Å². The van der Waals surface area contributed by atoms with Gasteiger partial charge >= 0.3 is 6.03 Å². The van der Waals surface area contributed by atoms with Crippen molar-refractivity contribution < 1.29 is 14.0 Å². The van der Waals surface area contributed by atoms with Gasteiger partial charge in [-0.3, -0.25) is 4.79 Å². The number of carbonyl (C=O) groups excluding carboxylic acids is 2. The Hall–Kier alpha value is -2.96. The predicted octanol–water partition coefficient (Wildman–Crippen LogP) is 1.85. The highest BCUT2D eigenvalue weighted by Gasteiger charge is 2.25. The van der Waals surface area contributed by atoms with Crippen LogP contribution in [-0.4, -0.2) is 47.9 Å². The van der Waals surface area contributed by atoms with Crippen molar-refractivity contribution in [2.45, 2.75) is 0 Å². The lowest BCUT2D eigenvalue weighted by atomic mass is 10.2. The fraction of sp³-hybridized carbons (Fsp3) is 0.250. The first kappa shape index (κ1) is 15.0. The fourth-order valence-corrected chi connectivity index (χ4v) is 2.44. The van der Waals surface area contributed by atoms with Gasteiger partial charge in [0, 0.05) is 37.6 Å². The van der Waals surface area contributed by atoms with Crippen LogP contribution >= 0.6 is 0 Å². The molecule has 1 fully saturated rings. The summed E-state index contributed by atoms with van der Waals surface area (Å²) in [4.78, 5) is 27.7. The van der Waals surface area contributed by atoms with E-state index in [9.17, 15) is 9.59 Å². The Morgan fingerprint density at radius 2 is 1.65 bits per heavy atom. The van der Waals surface area contributed by atoms with E-state index in [1.54, 1.807) is 46.2 Å². The van der Waals surface area contributed by atoms with E-state index in [0.29, 0.717) is 43.3 Å². The Bertz CT molecular complexity index is 674. The van der Waals surface area contributed by atoms with Crippen LogP contribution < -0.4 is 11.1 Å².